The average Bonchev–Trinajstić information content (AvgIpc) is 2.34. The molecule has 1 unspecified atom stereocenters. The molecule has 0 fully saturated rings. The van der Waals surface area contributed by atoms with Crippen LogP contribution in [0, 0.1) is 0 Å². The quantitative estimate of drug-likeness (QED) is 0.595. The van der Waals surface area contributed by atoms with Crippen LogP contribution in [-0.4, -0.2) is 31.9 Å². The fourth-order valence-corrected chi connectivity index (χ4v) is 1.41. The number of aliphatic hydroxyl groups excluding tert-OH is 1. The Morgan fingerprint density at radius 1 is 1.38 bits per heavy atom. The molecule has 4 heteroatoms. The van der Waals surface area contributed by atoms with Crippen LogP contribution in [-0.2, 0) is 0 Å². The topological polar surface area (TPSA) is 67.5 Å². The zero-order valence-electron chi connectivity index (χ0n) is 9.65. The Hall–Kier alpha value is -1.10. The molecule has 1 aromatic rings. The lowest BCUT2D eigenvalue weighted by molar-refractivity contribution is 0.175. The van der Waals surface area contributed by atoms with Crippen LogP contribution in [0.15, 0.2) is 24.3 Å². The summed E-state index contributed by atoms with van der Waals surface area (Å²) in [5, 5.41) is 13.0. The fourth-order valence-electron chi connectivity index (χ4n) is 1.41. The second-order valence-electron chi connectivity index (χ2n) is 3.64. The first-order chi connectivity index (χ1) is 7.77. The maximum atomic E-state index is 9.85. The Labute approximate surface area is 96.4 Å². The van der Waals surface area contributed by atoms with Gasteiger partial charge in [-0.1, -0.05) is 12.1 Å². The molecule has 90 valence electrons. The molecule has 0 radical (unpaired) electrons. The van der Waals surface area contributed by atoms with Gasteiger partial charge < -0.3 is 20.9 Å². The lowest BCUT2D eigenvalue weighted by Gasteiger charge is -2.12. The first-order valence-corrected chi connectivity index (χ1v) is 5.50. The zero-order valence-corrected chi connectivity index (χ0v) is 9.65. The van der Waals surface area contributed by atoms with E-state index in [4.69, 9.17) is 10.5 Å². The molecule has 16 heavy (non-hydrogen) atoms. The van der Waals surface area contributed by atoms with Crippen molar-refractivity contribution in [3.05, 3.63) is 29.8 Å². The molecule has 0 aromatic heterocycles. The molecule has 0 aliphatic rings. The highest BCUT2D eigenvalue weighted by molar-refractivity contribution is 5.28. The number of benzene rings is 1. The SMILES string of the molecule is COc1ccc(C(O)CNCCCN)cc1. The van der Waals surface area contributed by atoms with Crippen molar-refractivity contribution in [1.82, 2.24) is 5.32 Å². The summed E-state index contributed by atoms with van der Waals surface area (Å²) in [6.07, 6.45) is 0.443. The highest BCUT2D eigenvalue weighted by Crippen LogP contribution is 2.16. The molecule has 1 atom stereocenters. The van der Waals surface area contributed by atoms with Crippen molar-refractivity contribution in [3.63, 3.8) is 0 Å². The van der Waals surface area contributed by atoms with E-state index in [1.807, 2.05) is 24.3 Å². The van der Waals surface area contributed by atoms with Gasteiger partial charge in [0.15, 0.2) is 0 Å². The molecule has 0 amide bonds. The molecular weight excluding hydrogens is 204 g/mol. The third-order valence-corrected chi connectivity index (χ3v) is 2.40. The van der Waals surface area contributed by atoms with Crippen molar-refractivity contribution in [2.24, 2.45) is 5.73 Å². The van der Waals surface area contributed by atoms with Crippen molar-refractivity contribution in [2.75, 3.05) is 26.7 Å². The standard InChI is InChI=1S/C12H20N2O2/c1-16-11-5-3-10(4-6-11)12(15)9-14-8-2-7-13/h3-6,12,14-15H,2,7-9,13H2,1H3. The summed E-state index contributed by atoms with van der Waals surface area (Å²) in [4.78, 5) is 0. The third-order valence-electron chi connectivity index (χ3n) is 2.40. The second kappa shape index (κ2) is 7.22. The van der Waals surface area contributed by atoms with E-state index in [9.17, 15) is 5.11 Å². The summed E-state index contributed by atoms with van der Waals surface area (Å²) < 4.78 is 5.05. The summed E-state index contributed by atoms with van der Waals surface area (Å²) in [6.45, 7) is 2.06. The van der Waals surface area contributed by atoms with Crippen molar-refractivity contribution >= 4 is 0 Å². The number of nitrogens with two attached hydrogens (primary N) is 1. The van der Waals surface area contributed by atoms with Crippen molar-refractivity contribution in [3.8, 4) is 5.75 Å². The number of hydrogen-bond donors (Lipinski definition) is 3. The summed E-state index contributed by atoms with van der Waals surface area (Å²) in [5.74, 6) is 0.798. The molecule has 1 aromatic carbocycles. The van der Waals surface area contributed by atoms with Gasteiger partial charge in [-0.15, -0.1) is 0 Å². The summed E-state index contributed by atoms with van der Waals surface area (Å²) in [7, 11) is 1.62. The Morgan fingerprint density at radius 2 is 2.06 bits per heavy atom. The number of rotatable bonds is 7. The van der Waals surface area contributed by atoms with Gasteiger partial charge in [-0.3, -0.25) is 0 Å². The van der Waals surface area contributed by atoms with Gasteiger partial charge in [0, 0.05) is 6.54 Å². The normalized spacial score (nSPS) is 12.4. The molecule has 4 N–H and O–H groups in total. The van der Waals surface area contributed by atoms with E-state index in [0.717, 1.165) is 24.3 Å². The smallest absolute Gasteiger partial charge is 0.118 e. The van der Waals surface area contributed by atoms with Gasteiger partial charge in [-0.25, -0.2) is 0 Å². The first-order valence-electron chi connectivity index (χ1n) is 5.50. The van der Waals surface area contributed by atoms with Crippen LogP contribution >= 0.6 is 0 Å². The molecule has 4 nitrogen and oxygen atoms in total. The maximum Gasteiger partial charge on any atom is 0.118 e. The van der Waals surface area contributed by atoms with Crippen LogP contribution in [0.4, 0.5) is 0 Å². The van der Waals surface area contributed by atoms with Crippen LogP contribution in [0.1, 0.15) is 18.1 Å². The Kier molecular flexibility index (Phi) is 5.85. The highest BCUT2D eigenvalue weighted by Gasteiger charge is 2.06. The van der Waals surface area contributed by atoms with Crippen LogP contribution in [0.2, 0.25) is 0 Å². The Morgan fingerprint density at radius 3 is 2.62 bits per heavy atom. The molecule has 0 bridgehead atoms. The van der Waals surface area contributed by atoms with Crippen LogP contribution in [0.3, 0.4) is 0 Å². The minimum Gasteiger partial charge on any atom is -0.497 e. The van der Waals surface area contributed by atoms with Gasteiger partial charge in [-0.05, 0) is 37.2 Å². The molecule has 0 aliphatic heterocycles. The van der Waals surface area contributed by atoms with E-state index in [1.165, 1.54) is 0 Å². The van der Waals surface area contributed by atoms with Gasteiger partial charge in [0.1, 0.15) is 5.75 Å². The molecule has 1 rings (SSSR count). The van der Waals surface area contributed by atoms with E-state index in [0.29, 0.717) is 13.1 Å². The van der Waals surface area contributed by atoms with E-state index < -0.39 is 6.10 Å². The highest BCUT2D eigenvalue weighted by atomic mass is 16.5. The minimum atomic E-state index is -0.483. The first kappa shape index (κ1) is 13.0. The van der Waals surface area contributed by atoms with Crippen molar-refractivity contribution in [1.29, 1.82) is 0 Å². The van der Waals surface area contributed by atoms with Gasteiger partial charge in [0.25, 0.3) is 0 Å². The summed E-state index contributed by atoms with van der Waals surface area (Å²) in [5.41, 5.74) is 6.26. The third kappa shape index (κ3) is 4.18. The number of hydrogen-bond acceptors (Lipinski definition) is 4. The largest absolute Gasteiger partial charge is 0.497 e. The minimum absolute atomic E-state index is 0.483. The zero-order chi connectivity index (χ0) is 11.8. The Balaban J connectivity index is 2.37. The lowest BCUT2D eigenvalue weighted by Crippen LogP contribution is -2.24. The predicted molar refractivity (Wildman–Crippen MR) is 64.5 cm³/mol. The van der Waals surface area contributed by atoms with Gasteiger partial charge in [-0.2, -0.15) is 0 Å². The average molecular weight is 224 g/mol. The van der Waals surface area contributed by atoms with Crippen LogP contribution < -0.4 is 15.8 Å². The summed E-state index contributed by atoms with van der Waals surface area (Å²) >= 11 is 0. The number of ether oxygens (including phenoxy) is 1. The van der Waals surface area contributed by atoms with E-state index in [1.54, 1.807) is 7.11 Å². The van der Waals surface area contributed by atoms with Crippen LogP contribution in [0.5, 0.6) is 5.75 Å². The molecule has 0 heterocycles. The Bertz CT molecular complexity index is 288. The second-order valence-corrected chi connectivity index (χ2v) is 3.64. The lowest BCUT2D eigenvalue weighted by atomic mass is 10.1. The van der Waals surface area contributed by atoms with Gasteiger partial charge in [0.05, 0.1) is 13.2 Å². The molecule has 0 aliphatic carbocycles. The number of aliphatic hydroxyl groups is 1. The van der Waals surface area contributed by atoms with Gasteiger partial charge in [0.2, 0.25) is 0 Å². The fraction of sp³-hybridized carbons (Fsp3) is 0.500. The summed E-state index contributed by atoms with van der Waals surface area (Å²) in [6, 6.07) is 7.43. The van der Waals surface area contributed by atoms with Crippen molar-refractivity contribution in [2.45, 2.75) is 12.5 Å². The van der Waals surface area contributed by atoms with E-state index >= 15 is 0 Å². The number of nitrogens with one attached hydrogen (secondary N) is 1. The molecule has 0 spiro atoms. The van der Waals surface area contributed by atoms with Gasteiger partial charge >= 0.3 is 0 Å². The molecule has 0 saturated carbocycles. The number of methoxy groups -OCH3 is 1. The van der Waals surface area contributed by atoms with E-state index in [2.05, 4.69) is 5.32 Å². The predicted octanol–water partition coefficient (Wildman–Crippen LogP) is 0.667. The molecule has 0 saturated heterocycles. The molecular formula is C12H20N2O2. The monoisotopic (exact) mass is 224 g/mol. The van der Waals surface area contributed by atoms with Crippen LogP contribution in [0.25, 0.3) is 0 Å². The van der Waals surface area contributed by atoms with E-state index in [-0.39, 0.29) is 0 Å². The maximum absolute atomic E-state index is 9.85. The van der Waals surface area contributed by atoms with Crippen molar-refractivity contribution < 1.29 is 9.84 Å².